The number of H-pyrrole nitrogens is 1. The Hall–Kier alpha value is -1.92. The predicted molar refractivity (Wildman–Crippen MR) is 118 cm³/mol. The second-order valence-electron chi connectivity index (χ2n) is 8.71. The van der Waals surface area contributed by atoms with Gasteiger partial charge in [-0.2, -0.15) is 0 Å². The average molecular weight is 440 g/mol. The van der Waals surface area contributed by atoms with Gasteiger partial charge in [0.05, 0.1) is 11.2 Å². The normalized spacial score (nSPS) is 21.0. The van der Waals surface area contributed by atoms with Gasteiger partial charge in [-0.3, -0.25) is 0 Å². The Balaban J connectivity index is 1.53. The fraction of sp³-hybridized carbons (Fsp3) is 0.455. The summed E-state index contributed by atoms with van der Waals surface area (Å²) >= 11 is 3.69. The second kappa shape index (κ2) is 6.85. The zero-order chi connectivity index (χ0) is 19.3. The van der Waals surface area contributed by atoms with Crippen molar-refractivity contribution in [1.29, 1.82) is 0 Å². The molecule has 5 nitrogen and oxygen atoms in total. The number of aryl methyl sites for hydroxylation is 2. The summed E-state index contributed by atoms with van der Waals surface area (Å²) in [5.74, 6) is 0.738. The summed E-state index contributed by atoms with van der Waals surface area (Å²) < 4.78 is 1.10. The molecule has 3 heterocycles. The minimum atomic E-state index is 0.221. The SMILES string of the molecule is CC1(C)CCC(Nc2ncc3c(n2)-c2c([nH]c4c(Br)cccc24)CCC3)CN1. The van der Waals surface area contributed by atoms with E-state index >= 15 is 0 Å². The number of nitrogens with one attached hydrogen (secondary N) is 3. The minimum Gasteiger partial charge on any atom is -0.357 e. The number of hydrogen-bond donors (Lipinski definition) is 3. The van der Waals surface area contributed by atoms with Crippen LogP contribution < -0.4 is 10.6 Å². The van der Waals surface area contributed by atoms with E-state index in [-0.39, 0.29) is 5.54 Å². The molecule has 28 heavy (non-hydrogen) atoms. The molecule has 0 radical (unpaired) electrons. The number of piperidine rings is 1. The van der Waals surface area contributed by atoms with Crippen molar-refractivity contribution in [3.63, 3.8) is 0 Å². The monoisotopic (exact) mass is 439 g/mol. The van der Waals surface area contributed by atoms with Crippen LogP contribution in [0.1, 0.15) is 44.4 Å². The van der Waals surface area contributed by atoms with Crippen molar-refractivity contribution in [2.24, 2.45) is 0 Å². The predicted octanol–water partition coefficient (Wildman–Crippen LogP) is 4.82. The first-order valence-electron chi connectivity index (χ1n) is 10.2. The third-order valence-electron chi connectivity index (χ3n) is 6.11. The van der Waals surface area contributed by atoms with E-state index in [2.05, 4.69) is 68.6 Å². The number of aromatic amines is 1. The van der Waals surface area contributed by atoms with Crippen molar-refractivity contribution in [1.82, 2.24) is 20.3 Å². The lowest BCUT2D eigenvalue weighted by Gasteiger charge is -2.36. The van der Waals surface area contributed by atoms with Crippen molar-refractivity contribution >= 4 is 32.8 Å². The van der Waals surface area contributed by atoms with Crippen molar-refractivity contribution < 1.29 is 0 Å². The van der Waals surface area contributed by atoms with Gasteiger partial charge in [0.2, 0.25) is 5.95 Å². The number of benzene rings is 1. The molecule has 5 rings (SSSR count). The number of halogens is 1. The first kappa shape index (κ1) is 18.1. The van der Waals surface area contributed by atoms with Gasteiger partial charge in [0, 0.05) is 45.4 Å². The van der Waals surface area contributed by atoms with E-state index in [9.17, 15) is 0 Å². The Kier molecular flexibility index (Phi) is 4.43. The number of anilines is 1. The van der Waals surface area contributed by atoms with Crippen LogP contribution in [-0.4, -0.2) is 33.1 Å². The summed E-state index contributed by atoms with van der Waals surface area (Å²) in [5.41, 5.74) is 6.24. The molecule has 2 aliphatic rings. The smallest absolute Gasteiger partial charge is 0.223 e. The molecule has 1 saturated heterocycles. The quantitative estimate of drug-likeness (QED) is 0.535. The van der Waals surface area contributed by atoms with Gasteiger partial charge in [-0.15, -0.1) is 0 Å². The maximum absolute atomic E-state index is 5.01. The van der Waals surface area contributed by atoms with Crippen LogP contribution in [0.2, 0.25) is 0 Å². The van der Waals surface area contributed by atoms with Gasteiger partial charge in [0.25, 0.3) is 0 Å². The van der Waals surface area contributed by atoms with Gasteiger partial charge < -0.3 is 15.6 Å². The Morgan fingerprint density at radius 2 is 2.14 bits per heavy atom. The van der Waals surface area contributed by atoms with Crippen molar-refractivity contribution in [3.8, 4) is 11.3 Å². The lowest BCUT2D eigenvalue weighted by Crippen LogP contribution is -2.50. The van der Waals surface area contributed by atoms with E-state index in [0.29, 0.717) is 6.04 Å². The molecule has 146 valence electrons. The maximum atomic E-state index is 5.01. The van der Waals surface area contributed by atoms with Crippen LogP contribution in [0.5, 0.6) is 0 Å². The summed E-state index contributed by atoms with van der Waals surface area (Å²) in [6.07, 6.45) is 7.48. The highest BCUT2D eigenvalue weighted by atomic mass is 79.9. The molecule has 1 fully saturated rings. The maximum Gasteiger partial charge on any atom is 0.223 e. The Bertz CT molecular complexity index is 1030. The molecule has 0 amide bonds. The summed E-state index contributed by atoms with van der Waals surface area (Å²) in [6, 6.07) is 6.74. The van der Waals surface area contributed by atoms with E-state index < -0.39 is 0 Å². The molecule has 3 aromatic rings. The van der Waals surface area contributed by atoms with E-state index in [1.54, 1.807) is 0 Å². The topological polar surface area (TPSA) is 65.6 Å². The minimum absolute atomic E-state index is 0.221. The average Bonchev–Trinajstić information content (AvgIpc) is 2.94. The highest BCUT2D eigenvalue weighted by Gasteiger charge is 2.27. The van der Waals surface area contributed by atoms with Crippen LogP contribution in [0.4, 0.5) is 5.95 Å². The zero-order valence-corrected chi connectivity index (χ0v) is 18.0. The van der Waals surface area contributed by atoms with Crippen molar-refractivity contribution in [2.75, 3.05) is 11.9 Å². The molecule has 1 unspecified atom stereocenters. The summed E-state index contributed by atoms with van der Waals surface area (Å²) in [6.45, 7) is 5.47. The molecule has 2 aromatic heterocycles. The van der Waals surface area contributed by atoms with Gasteiger partial charge in [0.15, 0.2) is 0 Å². The molecule has 6 heteroatoms. The number of aromatic nitrogens is 3. The molecule has 3 N–H and O–H groups in total. The highest BCUT2D eigenvalue weighted by Crippen LogP contribution is 2.39. The van der Waals surface area contributed by atoms with Crippen molar-refractivity contribution in [2.45, 2.75) is 57.5 Å². The van der Waals surface area contributed by atoms with Gasteiger partial charge in [0.1, 0.15) is 0 Å². The van der Waals surface area contributed by atoms with E-state index in [1.807, 2.05) is 6.20 Å². The van der Waals surface area contributed by atoms with E-state index in [4.69, 9.17) is 4.98 Å². The first-order chi connectivity index (χ1) is 13.5. The van der Waals surface area contributed by atoms with Crippen molar-refractivity contribution in [3.05, 3.63) is 40.1 Å². The van der Waals surface area contributed by atoms with Crippen LogP contribution in [-0.2, 0) is 12.8 Å². The van der Waals surface area contributed by atoms with Crippen LogP contribution in [0.25, 0.3) is 22.2 Å². The molecule has 1 aromatic carbocycles. The number of para-hydroxylation sites is 1. The van der Waals surface area contributed by atoms with Gasteiger partial charge in [-0.1, -0.05) is 12.1 Å². The third kappa shape index (κ3) is 3.22. The Morgan fingerprint density at radius 3 is 2.96 bits per heavy atom. The Morgan fingerprint density at radius 1 is 1.25 bits per heavy atom. The van der Waals surface area contributed by atoms with Gasteiger partial charge in [-0.05, 0) is 73.5 Å². The largest absolute Gasteiger partial charge is 0.357 e. The summed E-state index contributed by atoms with van der Waals surface area (Å²) in [4.78, 5) is 13.3. The molecule has 0 saturated carbocycles. The third-order valence-corrected chi connectivity index (χ3v) is 6.77. The standard InChI is InChI=1S/C22H26BrN5/c1-22(2)10-9-14(12-25-22)26-21-24-11-13-5-3-8-17-18(19(13)28-21)15-6-4-7-16(23)20(15)27-17/h4,6-7,11,14,25,27H,3,5,8-10,12H2,1-2H3,(H,24,26,28). The van der Waals surface area contributed by atoms with E-state index in [1.165, 1.54) is 22.2 Å². The molecular weight excluding hydrogens is 414 g/mol. The Labute approximate surface area is 173 Å². The molecule has 1 aliphatic carbocycles. The van der Waals surface area contributed by atoms with Crippen LogP contribution >= 0.6 is 15.9 Å². The molecule has 1 atom stereocenters. The zero-order valence-electron chi connectivity index (χ0n) is 16.4. The number of nitrogens with zero attached hydrogens (tertiary/aromatic N) is 2. The fourth-order valence-electron chi connectivity index (χ4n) is 4.46. The molecule has 1 aliphatic heterocycles. The fourth-order valence-corrected chi connectivity index (χ4v) is 4.92. The summed E-state index contributed by atoms with van der Waals surface area (Å²) in [7, 11) is 0. The lowest BCUT2D eigenvalue weighted by molar-refractivity contribution is 0.289. The molecule has 0 bridgehead atoms. The number of rotatable bonds is 2. The van der Waals surface area contributed by atoms with Gasteiger partial charge >= 0.3 is 0 Å². The van der Waals surface area contributed by atoms with Crippen LogP contribution in [0.15, 0.2) is 28.9 Å². The first-order valence-corrected chi connectivity index (χ1v) is 11.0. The number of fused-ring (bicyclic) bond motifs is 5. The van der Waals surface area contributed by atoms with Crippen LogP contribution in [0.3, 0.4) is 0 Å². The molecular formula is C22H26BrN5. The van der Waals surface area contributed by atoms with Gasteiger partial charge in [-0.25, -0.2) is 9.97 Å². The highest BCUT2D eigenvalue weighted by molar-refractivity contribution is 9.10. The lowest BCUT2D eigenvalue weighted by atomic mass is 9.91. The number of hydrogen-bond acceptors (Lipinski definition) is 4. The van der Waals surface area contributed by atoms with E-state index in [0.717, 1.165) is 60.3 Å². The molecule has 0 spiro atoms. The van der Waals surface area contributed by atoms with Crippen LogP contribution in [0, 0.1) is 0 Å². The summed E-state index contributed by atoms with van der Waals surface area (Å²) in [5, 5.41) is 8.42. The second-order valence-corrected chi connectivity index (χ2v) is 9.56.